The van der Waals surface area contributed by atoms with Gasteiger partial charge in [-0.2, -0.15) is 10.5 Å². The molecule has 0 radical (unpaired) electrons. The average molecular weight is 164 g/mol. The van der Waals surface area contributed by atoms with Crippen molar-refractivity contribution in [3.05, 3.63) is 34.9 Å². The van der Waals surface area contributed by atoms with Crippen LogP contribution < -0.4 is 0 Å². The molecule has 0 N–H and O–H groups in total. The van der Waals surface area contributed by atoms with Crippen LogP contribution in [0.1, 0.15) is 11.1 Å². The molecule has 0 fully saturated rings. The van der Waals surface area contributed by atoms with Crippen molar-refractivity contribution in [2.24, 2.45) is 0 Å². The first kappa shape index (κ1) is 8.16. The summed E-state index contributed by atoms with van der Waals surface area (Å²) in [6, 6.07) is 4.57. The van der Waals surface area contributed by atoms with Crippen LogP contribution in [0.25, 0.3) is 0 Å². The summed E-state index contributed by atoms with van der Waals surface area (Å²) in [6.07, 6.45) is 0. The maximum absolute atomic E-state index is 12.7. The molecule has 1 aromatic carbocycles. The highest BCUT2D eigenvalue weighted by Gasteiger charge is 2.09. The van der Waals surface area contributed by atoms with Gasteiger partial charge in [0, 0.05) is 0 Å². The zero-order valence-electron chi connectivity index (χ0n) is 5.81. The average Bonchev–Trinajstić information content (AvgIpc) is 2.03. The fraction of sp³-hybridized carbons (Fsp3) is 0. The summed E-state index contributed by atoms with van der Waals surface area (Å²) >= 11 is 0. The molecule has 0 saturated heterocycles. The fourth-order valence-corrected chi connectivity index (χ4v) is 0.744. The van der Waals surface area contributed by atoms with Gasteiger partial charge in [-0.1, -0.05) is 0 Å². The van der Waals surface area contributed by atoms with Crippen LogP contribution in [0.4, 0.5) is 8.78 Å². The number of halogens is 2. The molecule has 0 heterocycles. The lowest BCUT2D eigenvalue weighted by Gasteiger charge is -1.95. The second kappa shape index (κ2) is 2.98. The van der Waals surface area contributed by atoms with E-state index in [2.05, 4.69) is 0 Å². The van der Waals surface area contributed by atoms with Crippen LogP contribution >= 0.6 is 0 Å². The Morgan fingerprint density at radius 1 is 1.00 bits per heavy atom. The quantitative estimate of drug-likeness (QED) is 0.585. The minimum absolute atomic E-state index is 0.135. The number of nitriles is 2. The summed E-state index contributed by atoms with van der Waals surface area (Å²) < 4.78 is 25.4. The van der Waals surface area contributed by atoms with Gasteiger partial charge in [-0.15, -0.1) is 0 Å². The minimum Gasteiger partial charge on any atom is -0.205 e. The SMILES string of the molecule is N#Cc1cc(F)c(C#N)c(F)c1. The van der Waals surface area contributed by atoms with Gasteiger partial charge >= 0.3 is 0 Å². The molecule has 0 aliphatic heterocycles. The fourth-order valence-electron chi connectivity index (χ4n) is 0.744. The Hall–Kier alpha value is -1.94. The van der Waals surface area contributed by atoms with E-state index in [0.717, 1.165) is 12.1 Å². The summed E-state index contributed by atoms with van der Waals surface area (Å²) in [4.78, 5) is 0. The number of hydrogen-bond donors (Lipinski definition) is 0. The first-order valence-electron chi connectivity index (χ1n) is 2.98. The molecule has 58 valence electrons. The molecule has 0 aliphatic rings. The van der Waals surface area contributed by atoms with Crippen LogP contribution in [0.3, 0.4) is 0 Å². The van der Waals surface area contributed by atoms with Crippen LogP contribution in [0.2, 0.25) is 0 Å². The number of nitrogens with zero attached hydrogens (tertiary/aromatic N) is 2. The van der Waals surface area contributed by atoms with E-state index < -0.39 is 17.2 Å². The van der Waals surface area contributed by atoms with Crippen molar-refractivity contribution in [1.29, 1.82) is 10.5 Å². The van der Waals surface area contributed by atoms with Gasteiger partial charge in [-0.25, -0.2) is 8.78 Å². The van der Waals surface area contributed by atoms with Gasteiger partial charge in [0.05, 0.1) is 11.6 Å². The van der Waals surface area contributed by atoms with Crippen LogP contribution in [0.5, 0.6) is 0 Å². The summed E-state index contributed by atoms with van der Waals surface area (Å²) in [5.41, 5.74) is -0.794. The lowest BCUT2D eigenvalue weighted by atomic mass is 10.1. The normalized spacial score (nSPS) is 8.67. The highest BCUT2D eigenvalue weighted by Crippen LogP contribution is 2.13. The molecule has 0 aliphatic carbocycles. The Bertz CT molecular complexity index is 375. The summed E-state index contributed by atoms with van der Waals surface area (Å²) in [5, 5.41) is 16.5. The molecule has 0 saturated carbocycles. The summed E-state index contributed by atoms with van der Waals surface area (Å²) in [6.45, 7) is 0. The van der Waals surface area contributed by atoms with E-state index in [1.807, 2.05) is 0 Å². The predicted octanol–water partition coefficient (Wildman–Crippen LogP) is 1.71. The Balaban J connectivity index is 3.43. The molecule has 0 bridgehead atoms. The van der Waals surface area contributed by atoms with E-state index in [0.29, 0.717) is 0 Å². The maximum atomic E-state index is 12.7. The van der Waals surface area contributed by atoms with Crippen LogP contribution in [-0.2, 0) is 0 Å². The molecule has 2 nitrogen and oxygen atoms in total. The lowest BCUT2D eigenvalue weighted by Crippen LogP contribution is -1.91. The second-order valence-electron chi connectivity index (χ2n) is 2.04. The highest BCUT2D eigenvalue weighted by atomic mass is 19.1. The lowest BCUT2D eigenvalue weighted by molar-refractivity contribution is 0.576. The molecule has 0 atom stereocenters. The van der Waals surface area contributed by atoms with Crippen molar-refractivity contribution in [2.75, 3.05) is 0 Å². The van der Waals surface area contributed by atoms with Gasteiger partial charge in [-0.05, 0) is 12.1 Å². The van der Waals surface area contributed by atoms with Gasteiger partial charge in [0.15, 0.2) is 0 Å². The molecule has 1 aromatic rings. The third-order valence-electron chi connectivity index (χ3n) is 1.28. The number of rotatable bonds is 0. The van der Waals surface area contributed by atoms with Crippen LogP contribution in [0, 0.1) is 34.3 Å². The van der Waals surface area contributed by atoms with E-state index >= 15 is 0 Å². The molecule has 0 spiro atoms. The first-order valence-corrected chi connectivity index (χ1v) is 2.98. The second-order valence-corrected chi connectivity index (χ2v) is 2.04. The third-order valence-corrected chi connectivity index (χ3v) is 1.28. The molecule has 12 heavy (non-hydrogen) atoms. The van der Waals surface area contributed by atoms with Gasteiger partial charge in [0.2, 0.25) is 0 Å². The monoisotopic (exact) mass is 164 g/mol. The Kier molecular flexibility index (Phi) is 2.02. The van der Waals surface area contributed by atoms with E-state index in [4.69, 9.17) is 10.5 Å². The molecule has 1 rings (SSSR count). The number of benzene rings is 1. The molecular formula is C8H2F2N2. The molecule has 0 amide bonds. The highest BCUT2D eigenvalue weighted by molar-refractivity contribution is 5.39. The van der Waals surface area contributed by atoms with Gasteiger partial charge < -0.3 is 0 Å². The molecule has 4 heteroatoms. The smallest absolute Gasteiger partial charge is 0.145 e. The third kappa shape index (κ3) is 1.23. The van der Waals surface area contributed by atoms with Gasteiger partial charge in [0.25, 0.3) is 0 Å². The summed E-state index contributed by atoms with van der Waals surface area (Å²) in [5.74, 6) is -2.01. The van der Waals surface area contributed by atoms with Crippen molar-refractivity contribution in [1.82, 2.24) is 0 Å². The van der Waals surface area contributed by atoms with Crippen molar-refractivity contribution < 1.29 is 8.78 Å². The van der Waals surface area contributed by atoms with Crippen molar-refractivity contribution in [2.45, 2.75) is 0 Å². The van der Waals surface area contributed by atoms with Gasteiger partial charge in [0.1, 0.15) is 23.3 Å². The first-order chi connectivity index (χ1) is 5.69. The topological polar surface area (TPSA) is 47.6 Å². The van der Waals surface area contributed by atoms with Crippen LogP contribution in [-0.4, -0.2) is 0 Å². The minimum atomic E-state index is -1.01. The Morgan fingerprint density at radius 2 is 1.50 bits per heavy atom. The van der Waals surface area contributed by atoms with Crippen LogP contribution in [0.15, 0.2) is 12.1 Å². The largest absolute Gasteiger partial charge is 0.205 e. The zero-order valence-corrected chi connectivity index (χ0v) is 5.81. The maximum Gasteiger partial charge on any atom is 0.145 e. The molecule has 0 unspecified atom stereocenters. The van der Waals surface area contributed by atoms with Crippen molar-refractivity contribution in [3.63, 3.8) is 0 Å². The van der Waals surface area contributed by atoms with Crippen molar-refractivity contribution in [3.8, 4) is 12.1 Å². The molecule has 0 aromatic heterocycles. The van der Waals surface area contributed by atoms with E-state index in [1.165, 1.54) is 6.07 Å². The van der Waals surface area contributed by atoms with E-state index in [1.54, 1.807) is 6.07 Å². The zero-order chi connectivity index (χ0) is 9.14. The number of hydrogen-bond acceptors (Lipinski definition) is 2. The standard InChI is InChI=1S/C8H2F2N2/c9-7-1-5(3-11)2-8(10)6(7)4-12/h1-2H. The van der Waals surface area contributed by atoms with Crippen molar-refractivity contribution >= 4 is 0 Å². The Morgan fingerprint density at radius 3 is 1.83 bits per heavy atom. The van der Waals surface area contributed by atoms with Gasteiger partial charge in [-0.3, -0.25) is 0 Å². The molecular weight excluding hydrogens is 162 g/mol. The predicted molar refractivity (Wildman–Crippen MR) is 35.8 cm³/mol. The van der Waals surface area contributed by atoms with E-state index in [9.17, 15) is 8.78 Å². The summed E-state index contributed by atoms with van der Waals surface area (Å²) in [7, 11) is 0. The van der Waals surface area contributed by atoms with E-state index in [-0.39, 0.29) is 5.56 Å². The Labute approximate surface area is 67.3 Å².